The van der Waals surface area contributed by atoms with E-state index in [1.165, 1.54) is 0 Å². The van der Waals surface area contributed by atoms with Crippen LogP contribution in [-0.2, 0) is 35.2 Å². The molecule has 2 rings (SSSR count). The van der Waals surface area contributed by atoms with E-state index in [0.717, 1.165) is 10.9 Å². The molecular formula is C25H33N5O9. The molecule has 0 bridgehead atoms. The van der Waals surface area contributed by atoms with Gasteiger partial charge in [-0.25, -0.2) is 4.79 Å². The first kappa shape index (κ1) is 30.8. The molecule has 0 aliphatic heterocycles. The lowest BCUT2D eigenvalue weighted by atomic mass is 10.0. The zero-order valence-corrected chi connectivity index (χ0v) is 21.5. The zero-order valence-electron chi connectivity index (χ0n) is 21.5. The highest BCUT2D eigenvalue weighted by Crippen LogP contribution is 2.19. The lowest BCUT2D eigenvalue weighted by Crippen LogP contribution is -2.58. The van der Waals surface area contributed by atoms with E-state index in [0.29, 0.717) is 5.56 Å². The largest absolute Gasteiger partial charge is 0.481 e. The average molecular weight is 548 g/mol. The molecule has 212 valence electrons. The van der Waals surface area contributed by atoms with Gasteiger partial charge in [0, 0.05) is 29.9 Å². The lowest BCUT2D eigenvalue weighted by molar-refractivity contribution is -0.144. The van der Waals surface area contributed by atoms with E-state index in [1.807, 2.05) is 18.2 Å². The number of nitrogens with two attached hydrogens (primary N) is 1. The predicted octanol–water partition coefficient (Wildman–Crippen LogP) is -0.428. The number of rotatable bonds is 15. The highest BCUT2D eigenvalue weighted by molar-refractivity contribution is 5.96. The van der Waals surface area contributed by atoms with Gasteiger partial charge in [0.05, 0.1) is 12.5 Å². The topological polar surface area (TPSA) is 241 Å². The number of carboxylic acid groups (broad SMARTS) is 3. The summed E-state index contributed by atoms with van der Waals surface area (Å²) >= 11 is 0. The number of aromatic amines is 1. The van der Waals surface area contributed by atoms with Crippen LogP contribution in [0.3, 0.4) is 0 Å². The quantitative estimate of drug-likeness (QED) is 0.143. The Labute approximate surface area is 223 Å². The van der Waals surface area contributed by atoms with Crippen molar-refractivity contribution in [1.29, 1.82) is 0 Å². The molecule has 1 aromatic carbocycles. The normalized spacial score (nSPS) is 14.2. The Morgan fingerprint density at radius 2 is 1.44 bits per heavy atom. The number of para-hydroxylation sites is 1. The van der Waals surface area contributed by atoms with Crippen molar-refractivity contribution in [1.82, 2.24) is 20.9 Å². The van der Waals surface area contributed by atoms with Crippen molar-refractivity contribution >= 4 is 46.5 Å². The van der Waals surface area contributed by atoms with Crippen LogP contribution in [0.25, 0.3) is 10.9 Å². The first-order valence-electron chi connectivity index (χ1n) is 12.2. The fourth-order valence-corrected chi connectivity index (χ4v) is 3.75. The molecule has 3 amide bonds. The number of hydrogen-bond acceptors (Lipinski definition) is 7. The first-order valence-corrected chi connectivity index (χ1v) is 12.2. The van der Waals surface area contributed by atoms with Gasteiger partial charge < -0.3 is 42.0 Å². The van der Waals surface area contributed by atoms with Crippen LogP contribution in [0.15, 0.2) is 30.5 Å². The second-order valence-electron chi connectivity index (χ2n) is 9.39. The predicted molar refractivity (Wildman–Crippen MR) is 137 cm³/mol. The van der Waals surface area contributed by atoms with Gasteiger partial charge >= 0.3 is 17.9 Å². The summed E-state index contributed by atoms with van der Waals surface area (Å²) in [4.78, 5) is 75.6. The Kier molecular flexibility index (Phi) is 11.0. The molecule has 9 N–H and O–H groups in total. The number of fused-ring (bicyclic) bond motifs is 1. The molecule has 1 heterocycles. The maximum Gasteiger partial charge on any atom is 0.326 e. The van der Waals surface area contributed by atoms with E-state index in [4.69, 9.17) is 10.8 Å². The third-order valence-corrected chi connectivity index (χ3v) is 6.03. The molecule has 39 heavy (non-hydrogen) atoms. The van der Waals surface area contributed by atoms with Crippen LogP contribution >= 0.6 is 0 Å². The minimum atomic E-state index is -1.72. The molecule has 0 saturated carbocycles. The van der Waals surface area contributed by atoms with Crippen molar-refractivity contribution < 1.29 is 44.1 Å². The SMILES string of the molecule is CC(C)C(N)C(=O)NC(Cc1c[nH]c2ccccc12)C(=O)NC(CC(=O)O)C(=O)NC(CCC(=O)O)C(=O)O. The number of benzene rings is 1. The summed E-state index contributed by atoms with van der Waals surface area (Å²) in [6.45, 7) is 3.44. The summed E-state index contributed by atoms with van der Waals surface area (Å²) in [6.07, 6.45) is -0.314. The van der Waals surface area contributed by atoms with Crippen molar-refractivity contribution in [2.45, 2.75) is 63.7 Å². The lowest BCUT2D eigenvalue weighted by Gasteiger charge is -2.25. The third-order valence-electron chi connectivity index (χ3n) is 6.03. The van der Waals surface area contributed by atoms with Gasteiger partial charge in [0.25, 0.3) is 0 Å². The van der Waals surface area contributed by atoms with Crippen molar-refractivity contribution in [3.8, 4) is 0 Å². The number of amides is 3. The van der Waals surface area contributed by atoms with E-state index in [1.54, 1.807) is 26.1 Å². The van der Waals surface area contributed by atoms with Crippen molar-refractivity contribution in [3.05, 3.63) is 36.0 Å². The second-order valence-corrected chi connectivity index (χ2v) is 9.39. The molecule has 2 aromatic rings. The Bertz CT molecular complexity index is 1230. The van der Waals surface area contributed by atoms with Crippen LogP contribution in [-0.4, -0.2) is 80.1 Å². The van der Waals surface area contributed by atoms with Gasteiger partial charge in [0.2, 0.25) is 17.7 Å². The Balaban J connectivity index is 2.30. The molecule has 0 saturated heterocycles. The third kappa shape index (κ3) is 9.10. The number of H-pyrrole nitrogens is 1. The molecule has 4 atom stereocenters. The molecule has 0 radical (unpaired) electrons. The van der Waals surface area contributed by atoms with Crippen LogP contribution in [0.4, 0.5) is 0 Å². The molecule has 0 aliphatic carbocycles. The number of carbonyl (C=O) groups is 6. The molecule has 0 fully saturated rings. The van der Waals surface area contributed by atoms with Crippen LogP contribution in [0.2, 0.25) is 0 Å². The number of carboxylic acids is 3. The van der Waals surface area contributed by atoms with Gasteiger partial charge in [-0.1, -0.05) is 32.0 Å². The Morgan fingerprint density at radius 3 is 2.03 bits per heavy atom. The fraction of sp³-hybridized carbons (Fsp3) is 0.440. The average Bonchev–Trinajstić information content (AvgIpc) is 3.27. The summed E-state index contributed by atoms with van der Waals surface area (Å²) in [5.74, 6) is -7.22. The molecule has 4 unspecified atom stereocenters. The summed E-state index contributed by atoms with van der Waals surface area (Å²) < 4.78 is 0. The summed E-state index contributed by atoms with van der Waals surface area (Å²) in [7, 11) is 0. The minimum absolute atomic E-state index is 0.0375. The molecule has 1 aromatic heterocycles. The summed E-state index contributed by atoms with van der Waals surface area (Å²) in [5.41, 5.74) is 7.37. The monoisotopic (exact) mass is 547 g/mol. The smallest absolute Gasteiger partial charge is 0.326 e. The highest BCUT2D eigenvalue weighted by Gasteiger charge is 2.32. The molecular weight excluding hydrogens is 514 g/mol. The maximum atomic E-state index is 13.3. The standard InChI is InChI=1S/C25H33N5O9/c1-12(2)21(26)24(37)30-17(9-13-11-27-15-6-4-3-5-14(13)15)22(35)29-18(10-20(33)34)23(36)28-16(25(38)39)7-8-19(31)32/h3-6,11-12,16-18,21,27H,7-10,26H2,1-2H3,(H,28,36)(H,29,35)(H,30,37)(H,31,32)(H,33,34)(H,38,39). The van der Waals surface area contributed by atoms with Gasteiger partial charge in [-0.2, -0.15) is 0 Å². The fourth-order valence-electron chi connectivity index (χ4n) is 3.75. The van der Waals surface area contributed by atoms with Gasteiger partial charge in [-0.15, -0.1) is 0 Å². The number of aliphatic carboxylic acids is 3. The number of nitrogens with one attached hydrogen (secondary N) is 4. The Hall–Kier alpha value is -4.46. The first-order chi connectivity index (χ1) is 18.3. The second kappa shape index (κ2) is 13.9. The Morgan fingerprint density at radius 1 is 0.846 bits per heavy atom. The van der Waals surface area contributed by atoms with Gasteiger partial charge in [0.15, 0.2) is 0 Å². The highest BCUT2D eigenvalue weighted by atomic mass is 16.4. The van der Waals surface area contributed by atoms with Crippen LogP contribution in [0.5, 0.6) is 0 Å². The number of hydrogen-bond donors (Lipinski definition) is 8. The van der Waals surface area contributed by atoms with Gasteiger partial charge in [0.1, 0.15) is 18.1 Å². The van der Waals surface area contributed by atoms with E-state index in [-0.39, 0.29) is 12.3 Å². The van der Waals surface area contributed by atoms with E-state index in [9.17, 15) is 39.0 Å². The van der Waals surface area contributed by atoms with Crippen LogP contribution in [0, 0.1) is 5.92 Å². The number of carbonyl (C=O) groups excluding carboxylic acids is 3. The zero-order chi connectivity index (χ0) is 29.3. The summed E-state index contributed by atoms with van der Waals surface area (Å²) in [6, 6.07) is 1.65. The molecule has 14 nitrogen and oxygen atoms in total. The van der Waals surface area contributed by atoms with Crippen molar-refractivity contribution in [2.75, 3.05) is 0 Å². The van der Waals surface area contributed by atoms with E-state index in [2.05, 4.69) is 20.9 Å². The van der Waals surface area contributed by atoms with Gasteiger partial charge in [-0.05, 0) is 24.0 Å². The minimum Gasteiger partial charge on any atom is -0.481 e. The number of aromatic nitrogens is 1. The molecule has 14 heteroatoms. The summed E-state index contributed by atoms with van der Waals surface area (Å²) in [5, 5.41) is 35.1. The van der Waals surface area contributed by atoms with Gasteiger partial charge in [-0.3, -0.25) is 24.0 Å². The molecule has 0 spiro atoms. The van der Waals surface area contributed by atoms with Crippen LogP contribution < -0.4 is 21.7 Å². The maximum absolute atomic E-state index is 13.3. The van der Waals surface area contributed by atoms with Crippen molar-refractivity contribution in [3.63, 3.8) is 0 Å². The van der Waals surface area contributed by atoms with E-state index >= 15 is 0 Å². The van der Waals surface area contributed by atoms with Crippen molar-refractivity contribution in [2.24, 2.45) is 11.7 Å². The van der Waals surface area contributed by atoms with Crippen LogP contribution in [0.1, 0.15) is 38.7 Å². The molecule has 0 aliphatic rings. The van der Waals surface area contributed by atoms with E-state index < -0.39 is 79.1 Å².